The molecule has 0 aliphatic heterocycles. The first-order valence-electron chi connectivity index (χ1n) is 7.92. The molecule has 0 unspecified atom stereocenters. The summed E-state index contributed by atoms with van der Waals surface area (Å²) in [5, 5.41) is 20.2. The Morgan fingerprint density at radius 1 is 1.26 bits per heavy atom. The average molecular weight is 399 g/mol. The van der Waals surface area contributed by atoms with Crippen molar-refractivity contribution < 1.29 is 4.79 Å². The van der Waals surface area contributed by atoms with E-state index in [9.17, 15) is 4.79 Å². The average Bonchev–Trinajstić information content (AvgIpc) is 3.03. The van der Waals surface area contributed by atoms with Gasteiger partial charge in [-0.05, 0) is 43.3 Å². The molecular formula is C18H15ClN6OS. The van der Waals surface area contributed by atoms with Gasteiger partial charge >= 0.3 is 0 Å². The number of anilines is 1. The molecule has 0 saturated carbocycles. The number of halogens is 1. The number of aromatic nitrogens is 3. The summed E-state index contributed by atoms with van der Waals surface area (Å²) in [6.45, 7) is 1.74. The van der Waals surface area contributed by atoms with Crippen LogP contribution in [0.15, 0.2) is 53.7 Å². The predicted molar refractivity (Wildman–Crippen MR) is 106 cm³/mol. The highest BCUT2D eigenvalue weighted by molar-refractivity contribution is 8.00. The van der Waals surface area contributed by atoms with Crippen molar-refractivity contribution in [2.24, 2.45) is 0 Å². The fourth-order valence-corrected chi connectivity index (χ4v) is 3.26. The highest BCUT2D eigenvalue weighted by Crippen LogP contribution is 2.29. The molecule has 1 amide bonds. The molecule has 1 aromatic heterocycles. The lowest BCUT2D eigenvalue weighted by atomic mass is 10.2. The molecule has 9 heteroatoms. The zero-order valence-corrected chi connectivity index (χ0v) is 15.8. The molecule has 1 heterocycles. The number of carbonyl (C=O) groups is 1. The van der Waals surface area contributed by atoms with E-state index in [1.54, 1.807) is 43.3 Å². The number of nitriles is 1. The van der Waals surface area contributed by atoms with Crippen molar-refractivity contribution >= 4 is 35.0 Å². The van der Waals surface area contributed by atoms with Crippen LogP contribution in [0.25, 0.3) is 11.4 Å². The predicted octanol–water partition coefficient (Wildman–Crippen LogP) is 3.30. The van der Waals surface area contributed by atoms with E-state index in [0.717, 1.165) is 0 Å². The SMILES string of the molecule is C[C@H](Sc1nnc(-c2ccccc2Cl)n1N)C(=O)Nc1ccc(C#N)cc1. The van der Waals surface area contributed by atoms with Crippen LogP contribution >= 0.6 is 23.4 Å². The van der Waals surface area contributed by atoms with E-state index in [0.29, 0.717) is 32.8 Å². The highest BCUT2D eigenvalue weighted by Gasteiger charge is 2.20. The minimum absolute atomic E-state index is 0.216. The number of thioether (sulfide) groups is 1. The van der Waals surface area contributed by atoms with Crippen LogP contribution in [0.2, 0.25) is 5.02 Å². The first-order chi connectivity index (χ1) is 13.0. The molecule has 0 saturated heterocycles. The maximum atomic E-state index is 12.4. The number of hydrogen-bond acceptors (Lipinski definition) is 6. The monoisotopic (exact) mass is 398 g/mol. The topological polar surface area (TPSA) is 110 Å². The highest BCUT2D eigenvalue weighted by atomic mass is 35.5. The van der Waals surface area contributed by atoms with Crippen LogP contribution in [-0.2, 0) is 4.79 Å². The molecule has 0 aliphatic rings. The number of nitrogen functional groups attached to an aromatic ring is 1. The van der Waals surface area contributed by atoms with Crippen LogP contribution < -0.4 is 11.2 Å². The molecule has 1 atom stereocenters. The second-order valence-corrected chi connectivity index (χ2v) is 7.31. The number of nitrogens with zero attached hydrogens (tertiary/aromatic N) is 4. The Kier molecular flexibility index (Phi) is 5.64. The molecule has 0 spiro atoms. The Hall–Kier alpha value is -3.02. The Morgan fingerprint density at radius 2 is 1.96 bits per heavy atom. The molecular weight excluding hydrogens is 384 g/mol. The van der Waals surface area contributed by atoms with Crippen molar-refractivity contribution in [3.8, 4) is 17.5 Å². The summed E-state index contributed by atoms with van der Waals surface area (Å²) in [5.74, 6) is 6.29. The number of carbonyl (C=O) groups excluding carboxylic acids is 1. The number of rotatable bonds is 5. The van der Waals surface area contributed by atoms with E-state index in [1.165, 1.54) is 16.4 Å². The maximum absolute atomic E-state index is 12.4. The molecule has 3 rings (SSSR count). The summed E-state index contributed by atoms with van der Waals surface area (Å²) in [7, 11) is 0. The Morgan fingerprint density at radius 3 is 2.63 bits per heavy atom. The van der Waals surface area contributed by atoms with Gasteiger partial charge < -0.3 is 11.2 Å². The molecule has 7 nitrogen and oxygen atoms in total. The molecule has 0 radical (unpaired) electrons. The lowest BCUT2D eigenvalue weighted by Gasteiger charge is -2.11. The molecule has 136 valence electrons. The molecule has 0 bridgehead atoms. The number of benzene rings is 2. The molecule has 3 N–H and O–H groups in total. The van der Waals surface area contributed by atoms with Crippen LogP contribution in [0.4, 0.5) is 5.69 Å². The first-order valence-corrected chi connectivity index (χ1v) is 9.18. The van der Waals surface area contributed by atoms with Gasteiger partial charge in [-0.2, -0.15) is 5.26 Å². The van der Waals surface area contributed by atoms with Crippen molar-refractivity contribution in [2.75, 3.05) is 11.2 Å². The van der Waals surface area contributed by atoms with E-state index >= 15 is 0 Å². The van der Waals surface area contributed by atoms with Gasteiger partial charge in [0.2, 0.25) is 11.1 Å². The maximum Gasteiger partial charge on any atom is 0.237 e. The van der Waals surface area contributed by atoms with E-state index < -0.39 is 5.25 Å². The molecule has 3 aromatic rings. The molecule has 0 fully saturated rings. The Bertz CT molecular complexity index is 1010. The van der Waals surface area contributed by atoms with Gasteiger partial charge in [0.15, 0.2) is 5.82 Å². The summed E-state index contributed by atoms with van der Waals surface area (Å²) in [5.41, 5.74) is 1.80. The second kappa shape index (κ2) is 8.12. The lowest BCUT2D eigenvalue weighted by Crippen LogP contribution is -2.23. The third-order valence-corrected chi connectivity index (χ3v) is 5.10. The Labute approximate surface area is 165 Å². The van der Waals surface area contributed by atoms with Crippen LogP contribution in [0, 0.1) is 11.3 Å². The zero-order valence-electron chi connectivity index (χ0n) is 14.3. The van der Waals surface area contributed by atoms with Crippen LogP contribution in [0.1, 0.15) is 12.5 Å². The van der Waals surface area contributed by atoms with Crippen LogP contribution in [0.3, 0.4) is 0 Å². The first kappa shape index (κ1) is 18.8. The lowest BCUT2D eigenvalue weighted by molar-refractivity contribution is -0.115. The Balaban J connectivity index is 1.70. The van der Waals surface area contributed by atoms with Crippen LogP contribution in [0.5, 0.6) is 0 Å². The van der Waals surface area contributed by atoms with Crippen molar-refractivity contribution in [3.05, 3.63) is 59.1 Å². The van der Waals surface area contributed by atoms with Crippen molar-refractivity contribution in [3.63, 3.8) is 0 Å². The van der Waals surface area contributed by atoms with Crippen molar-refractivity contribution in [2.45, 2.75) is 17.3 Å². The zero-order chi connectivity index (χ0) is 19.4. The third kappa shape index (κ3) is 4.22. The van der Waals surface area contributed by atoms with Gasteiger partial charge in [-0.3, -0.25) is 4.79 Å². The van der Waals surface area contributed by atoms with Gasteiger partial charge in [0.05, 0.1) is 21.9 Å². The number of nitrogens with two attached hydrogens (primary N) is 1. The summed E-state index contributed by atoms with van der Waals surface area (Å²) in [6.07, 6.45) is 0. The number of amides is 1. The van der Waals surface area contributed by atoms with Gasteiger partial charge in [0.1, 0.15) is 0 Å². The summed E-state index contributed by atoms with van der Waals surface area (Å²) < 4.78 is 1.32. The standard InChI is InChI=1S/C18H15ClN6OS/c1-11(17(26)22-13-8-6-12(10-20)7-9-13)27-18-24-23-16(25(18)21)14-4-2-3-5-15(14)19/h2-9,11H,21H2,1H3,(H,22,26)/t11-/m0/s1. The van der Waals surface area contributed by atoms with E-state index in [1.807, 2.05) is 18.2 Å². The van der Waals surface area contributed by atoms with Crippen molar-refractivity contribution in [1.29, 1.82) is 5.26 Å². The van der Waals surface area contributed by atoms with Gasteiger partial charge in [-0.25, -0.2) is 4.68 Å². The second-order valence-electron chi connectivity index (χ2n) is 5.59. The number of hydrogen-bond donors (Lipinski definition) is 2. The molecule has 27 heavy (non-hydrogen) atoms. The van der Waals surface area contributed by atoms with Crippen molar-refractivity contribution in [1.82, 2.24) is 14.9 Å². The quantitative estimate of drug-likeness (QED) is 0.504. The van der Waals surface area contributed by atoms with E-state index in [2.05, 4.69) is 15.5 Å². The van der Waals surface area contributed by atoms with E-state index in [-0.39, 0.29) is 5.91 Å². The smallest absolute Gasteiger partial charge is 0.237 e. The van der Waals surface area contributed by atoms with E-state index in [4.69, 9.17) is 22.7 Å². The fraction of sp³-hybridized carbons (Fsp3) is 0.111. The van der Waals surface area contributed by atoms with Gasteiger partial charge in [0, 0.05) is 11.3 Å². The molecule has 0 aliphatic carbocycles. The van der Waals surface area contributed by atoms with Gasteiger partial charge in [-0.1, -0.05) is 35.5 Å². The van der Waals surface area contributed by atoms with Gasteiger partial charge in [0.25, 0.3) is 0 Å². The molecule has 2 aromatic carbocycles. The summed E-state index contributed by atoms with van der Waals surface area (Å²) >= 11 is 7.36. The largest absolute Gasteiger partial charge is 0.335 e. The fourth-order valence-electron chi connectivity index (χ4n) is 2.27. The van der Waals surface area contributed by atoms with Gasteiger partial charge in [-0.15, -0.1) is 10.2 Å². The summed E-state index contributed by atoms with van der Waals surface area (Å²) in [6, 6.07) is 15.8. The van der Waals surface area contributed by atoms with Crippen LogP contribution in [-0.4, -0.2) is 26.0 Å². The normalized spacial score (nSPS) is 11.6. The minimum Gasteiger partial charge on any atom is -0.335 e. The summed E-state index contributed by atoms with van der Waals surface area (Å²) in [4.78, 5) is 12.4. The minimum atomic E-state index is -0.466. The number of nitrogens with one attached hydrogen (secondary N) is 1. The third-order valence-electron chi connectivity index (χ3n) is 3.71.